The summed E-state index contributed by atoms with van der Waals surface area (Å²) in [7, 11) is 3.41. The molecule has 2 aromatic carbocycles. The Hall–Kier alpha value is -2.32. The van der Waals surface area contributed by atoms with Gasteiger partial charge in [0.25, 0.3) is 0 Å². The molecule has 0 saturated carbocycles. The van der Waals surface area contributed by atoms with Crippen molar-refractivity contribution in [2.75, 3.05) is 51.2 Å². The molecule has 4 N–H and O–H groups in total. The molecule has 11 heteroatoms. The van der Waals surface area contributed by atoms with E-state index in [0.29, 0.717) is 25.5 Å². The number of benzene rings is 2. The summed E-state index contributed by atoms with van der Waals surface area (Å²) in [6.45, 7) is 10.3. The molecule has 0 amide bonds. The average Bonchev–Trinajstić information content (AvgIpc) is 3.49. The molecule has 2 atom stereocenters. The lowest BCUT2D eigenvalue weighted by Crippen LogP contribution is -2.47. The van der Waals surface area contributed by atoms with E-state index >= 15 is 0 Å². The number of aliphatic hydroxyl groups is 1. The van der Waals surface area contributed by atoms with Crippen molar-refractivity contribution < 1.29 is 32.8 Å². The molecule has 4 rings (SSSR count). The van der Waals surface area contributed by atoms with Crippen LogP contribution in [0, 0.1) is 0 Å². The van der Waals surface area contributed by atoms with Gasteiger partial charge in [0.1, 0.15) is 6.61 Å². The van der Waals surface area contributed by atoms with E-state index in [0.717, 1.165) is 99.1 Å². The quantitative estimate of drug-likeness (QED) is 0.0515. The molecule has 2 unspecified atom stereocenters. The van der Waals surface area contributed by atoms with Crippen LogP contribution < -0.4 is 4.90 Å². The molecule has 0 saturated heterocycles. The summed E-state index contributed by atoms with van der Waals surface area (Å²) < 4.78 is 42.4. The number of methoxy groups -OCH3 is 2. The van der Waals surface area contributed by atoms with Crippen LogP contribution in [-0.2, 0) is 20.3 Å². The standard InChI is InChI=1S/C38H50N2O6S3/c1-36(2,27-41)40-33-18-16-29(49-44)26-31(33)38(4,20-22-45-5)35(40)14-11-9-7-8-10-13-34-37(3,19-12-24-47-42)30-25-28(48-43)15-17-32(30)39(34)21-23-46-6/h7-11,13-18,25-26,41H,12,19-24,27H2,1-6H3,(H2-,42,43,44)/p+1. The van der Waals surface area contributed by atoms with Gasteiger partial charge in [-0.1, -0.05) is 30.4 Å². The Bertz CT molecular complexity index is 1600. The van der Waals surface area contributed by atoms with Crippen molar-refractivity contribution in [3.05, 3.63) is 95.8 Å². The van der Waals surface area contributed by atoms with Crippen molar-refractivity contribution in [1.29, 1.82) is 0 Å². The average molecular weight is 728 g/mol. The van der Waals surface area contributed by atoms with Crippen LogP contribution in [0.4, 0.5) is 11.4 Å². The van der Waals surface area contributed by atoms with Crippen LogP contribution in [0.1, 0.15) is 58.1 Å². The Labute approximate surface area is 304 Å². The number of allylic oxidation sites excluding steroid dienone is 8. The van der Waals surface area contributed by atoms with Gasteiger partial charge in [-0.25, -0.2) is 0 Å². The first-order valence-corrected chi connectivity index (χ1v) is 19.0. The predicted molar refractivity (Wildman–Crippen MR) is 206 cm³/mol. The molecule has 8 nitrogen and oxygen atoms in total. The number of ether oxygens (including phenoxy) is 2. The number of rotatable bonds is 18. The first-order valence-electron chi connectivity index (χ1n) is 16.5. The van der Waals surface area contributed by atoms with Gasteiger partial charge in [-0.05, 0) is 101 Å². The summed E-state index contributed by atoms with van der Waals surface area (Å²) in [6, 6.07) is 12.1. The zero-order valence-electron chi connectivity index (χ0n) is 29.4. The van der Waals surface area contributed by atoms with Gasteiger partial charge in [-0.15, -0.1) is 0 Å². The van der Waals surface area contributed by atoms with E-state index < -0.39 is 11.0 Å². The highest BCUT2D eigenvalue weighted by atomic mass is 32.2. The SMILES string of the molecule is COCC[N+]1=C(/C=C/C=C/C=C/C=C2/N(C(C)(C)CO)c3ccc(SO)cc3C2(C)CCOC)C(C)(CCCSO)c2cc(SO)ccc21. The van der Waals surface area contributed by atoms with Crippen LogP contribution in [0.15, 0.2) is 94.4 Å². The number of nitrogens with zero attached hydrogens (tertiary/aromatic N) is 2. The molecular formula is C38H51N2O6S3+. The molecular weight excluding hydrogens is 677 g/mol. The van der Waals surface area contributed by atoms with Gasteiger partial charge in [-0.2, -0.15) is 4.58 Å². The molecule has 2 aliphatic heterocycles. The fourth-order valence-electron chi connectivity index (χ4n) is 7.02. The minimum Gasteiger partial charge on any atom is -0.394 e. The van der Waals surface area contributed by atoms with E-state index in [4.69, 9.17) is 9.47 Å². The lowest BCUT2D eigenvalue weighted by atomic mass is 9.76. The number of anilines is 1. The van der Waals surface area contributed by atoms with Gasteiger partial charge < -0.3 is 33.1 Å². The third-order valence-electron chi connectivity index (χ3n) is 9.71. The Morgan fingerprint density at radius 3 is 2.14 bits per heavy atom. The van der Waals surface area contributed by atoms with Gasteiger partial charge in [0.15, 0.2) is 12.3 Å². The summed E-state index contributed by atoms with van der Waals surface area (Å²) >= 11 is 2.36. The van der Waals surface area contributed by atoms with Gasteiger partial charge in [-0.3, -0.25) is 0 Å². The molecule has 49 heavy (non-hydrogen) atoms. The van der Waals surface area contributed by atoms with Crippen LogP contribution in [0.25, 0.3) is 0 Å². The molecule has 266 valence electrons. The maximum atomic E-state index is 10.4. The van der Waals surface area contributed by atoms with Gasteiger partial charge in [0.05, 0.1) is 17.6 Å². The minimum atomic E-state index is -0.560. The Kier molecular flexibility index (Phi) is 14.3. The lowest BCUT2D eigenvalue weighted by Gasteiger charge is -2.40. The molecule has 0 radical (unpaired) electrons. The van der Waals surface area contributed by atoms with E-state index in [1.54, 1.807) is 14.2 Å². The molecule has 2 aliphatic rings. The number of aliphatic hydroxyl groups excluding tert-OH is 1. The first kappa shape index (κ1) is 39.5. The van der Waals surface area contributed by atoms with E-state index in [1.165, 1.54) is 0 Å². The molecule has 2 aromatic rings. The molecule has 0 fully saturated rings. The molecule has 0 bridgehead atoms. The summed E-state index contributed by atoms with van der Waals surface area (Å²) in [5, 5.41) is 10.4. The van der Waals surface area contributed by atoms with Crippen molar-refractivity contribution in [2.24, 2.45) is 0 Å². The number of hydrogen-bond donors (Lipinski definition) is 4. The largest absolute Gasteiger partial charge is 0.394 e. The summed E-state index contributed by atoms with van der Waals surface area (Å²) in [5.41, 5.74) is 5.33. The van der Waals surface area contributed by atoms with Crippen molar-refractivity contribution in [2.45, 2.75) is 73.1 Å². The number of hydrogen-bond acceptors (Lipinski definition) is 10. The Morgan fingerprint density at radius 2 is 1.49 bits per heavy atom. The fourth-order valence-corrected chi connectivity index (χ4v) is 7.90. The monoisotopic (exact) mass is 727 g/mol. The second-order valence-corrected chi connectivity index (χ2v) is 15.4. The van der Waals surface area contributed by atoms with E-state index in [9.17, 15) is 18.8 Å². The van der Waals surface area contributed by atoms with Crippen molar-refractivity contribution in [3.8, 4) is 0 Å². The molecule has 0 aliphatic carbocycles. The maximum absolute atomic E-state index is 10.4. The highest BCUT2D eigenvalue weighted by Gasteiger charge is 2.49. The fraction of sp³-hybridized carbons (Fsp3) is 0.447. The van der Waals surface area contributed by atoms with Crippen molar-refractivity contribution >= 4 is 53.2 Å². The molecule has 0 spiro atoms. The summed E-state index contributed by atoms with van der Waals surface area (Å²) in [5.74, 6) is 0.651. The normalized spacial score (nSPS) is 21.8. The minimum absolute atomic E-state index is 0.0307. The van der Waals surface area contributed by atoms with Crippen LogP contribution in [0.5, 0.6) is 0 Å². The predicted octanol–water partition coefficient (Wildman–Crippen LogP) is 8.94. The highest BCUT2D eigenvalue weighted by molar-refractivity contribution is 7.94. The van der Waals surface area contributed by atoms with Crippen LogP contribution in [-0.4, -0.2) is 80.9 Å². The van der Waals surface area contributed by atoms with E-state index in [2.05, 4.69) is 53.7 Å². The Balaban J connectivity index is 1.67. The van der Waals surface area contributed by atoms with Crippen LogP contribution in [0.2, 0.25) is 0 Å². The smallest absolute Gasteiger partial charge is 0.209 e. The zero-order chi connectivity index (χ0) is 35.7. The van der Waals surface area contributed by atoms with E-state index in [-0.39, 0.29) is 12.0 Å². The van der Waals surface area contributed by atoms with Crippen molar-refractivity contribution in [3.63, 3.8) is 0 Å². The topological polar surface area (TPSA) is 106 Å². The third kappa shape index (κ3) is 8.43. The highest BCUT2D eigenvalue weighted by Crippen LogP contribution is 2.53. The number of fused-ring (bicyclic) bond motifs is 2. The van der Waals surface area contributed by atoms with Crippen LogP contribution >= 0.6 is 36.1 Å². The lowest BCUT2D eigenvalue weighted by molar-refractivity contribution is -0.441. The first-order chi connectivity index (χ1) is 23.6. The van der Waals surface area contributed by atoms with Gasteiger partial charge >= 0.3 is 0 Å². The third-order valence-corrected chi connectivity index (χ3v) is 11.1. The zero-order valence-corrected chi connectivity index (χ0v) is 31.8. The van der Waals surface area contributed by atoms with Crippen LogP contribution in [0.3, 0.4) is 0 Å². The summed E-state index contributed by atoms with van der Waals surface area (Å²) in [6.07, 6.45) is 16.8. The Morgan fingerprint density at radius 1 is 0.837 bits per heavy atom. The van der Waals surface area contributed by atoms with Gasteiger partial charge in [0, 0.05) is 95.0 Å². The molecule has 2 heterocycles. The van der Waals surface area contributed by atoms with E-state index in [1.807, 2.05) is 62.4 Å². The van der Waals surface area contributed by atoms with Gasteiger partial charge in [0.2, 0.25) is 5.69 Å². The maximum Gasteiger partial charge on any atom is 0.209 e. The summed E-state index contributed by atoms with van der Waals surface area (Å²) in [4.78, 5) is 3.79. The second-order valence-electron chi connectivity index (χ2n) is 13.4. The van der Waals surface area contributed by atoms with Crippen molar-refractivity contribution in [1.82, 2.24) is 0 Å². The molecule has 0 aromatic heterocycles. The second kappa shape index (κ2) is 17.7.